The van der Waals surface area contributed by atoms with Crippen LogP contribution in [0, 0.1) is 13.8 Å². The SMILES string of the molecule is CCOC1(C(O)Cc2ncc(C)c(OC)c2C)CCCC1. The lowest BCUT2D eigenvalue weighted by atomic mass is 9.90. The molecule has 118 valence electrons. The van der Waals surface area contributed by atoms with Gasteiger partial charge in [0.1, 0.15) is 5.75 Å². The minimum Gasteiger partial charge on any atom is -0.496 e. The molecule has 1 unspecified atom stereocenters. The summed E-state index contributed by atoms with van der Waals surface area (Å²) < 4.78 is 11.4. The van der Waals surface area contributed by atoms with E-state index in [0.717, 1.165) is 48.3 Å². The van der Waals surface area contributed by atoms with Crippen molar-refractivity contribution in [3.8, 4) is 5.75 Å². The number of nitrogens with zero attached hydrogens (tertiary/aromatic N) is 1. The van der Waals surface area contributed by atoms with Crippen LogP contribution in [0.15, 0.2) is 6.20 Å². The predicted molar refractivity (Wildman–Crippen MR) is 82.8 cm³/mol. The number of aliphatic hydroxyl groups is 1. The van der Waals surface area contributed by atoms with Gasteiger partial charge in [-0.05, 0) is 33.6 Å². The van der Waals surface area contributed by atoms with Crippen LogP contribution in [0.5, 0.6) is 5.75 Å². The van der Waals surface area contributed by atoms with E-state index in [4.69, 9.17) is 9.47 Å². The van der Waals surface area contributed by atoms with E-state index in [1.807, 2.05) is 27.0 Å². The summed E-state index contributed by atoms with van der Waals surface area (Å²) in [6.45, 7) is 6.62. The van der Waals surface area contributed by atoms with Gasteiger partial charge in [-0.2, -0.15) is 0 Å². The van der Waals surface area contributed by atoms with Crippen molar-refractivity contribution < 1.29 is 14.6 Å². The standard InChI is InChI=1S/C17H27NO3/c1-5-21-17(8-6-7-9-17)15(19)10-14-13(3)16(20-4)12(2)11-18-14/h11,15,19H,5-10H2,1-4H3. The number of ether oxygens (including phenoxy) is 2. The van der Waals surface area contributed by atoms with E-state index in [9.17, 15) is 5.11 Å². The summed E-state index contributed by atoms with van der Waals surface area (Å²) in [5.74, 6) is 0.865. The van der Waals surface area contributed by atoms with Gasteiger partial charge in [-0.1, -0.05) is 12.8 Å². The zero-order valence-electron chi connectivity index (χ0n) is 13.6. The van der Waals surface area contributed by atoms with Crippen molar-refractivity contribution in [2.24, 2.45) is 0 Å². The zero-order valence-corrected chi connectivity index (χ0v) is 13.6. The molecular weight excluding hydrogens is 266 g/mol. The first-order valence-corrected chi connectivity index (χ1v) is 7.85. The second kappa shape index (κ2) is 6.75. The molecule has 1 N–H and O–H groups in total. The average molecular weight is 293 g/mol. The topological polar surface area (TPSA) is 51.6 Å². The van der Waals surface area contributed by atoms with Gasteiger partial charge in [-0.3, -0.25) is 4.98 Å². The highest BCUT2D eigenvalue weighted by atomic mass is 16.5. The Morgan fingerprint density at radius 1 is 1.33 bits per heavy atom. The summed E-state index contributed by atoms with van der Waals surface area (Å²) >= 11 is 0. The first kappa shape index (κ1) is 16.2. The number of hydrogen-bond donors (Lipinski definition) is 1. The van der Waals surface area contributed by atoms with E-state index in [0.29, 0.717) is 13.0 Å². The van der Waals surface area contributed by atoms with E-state index < -0.39 is 6.10 Å². The first-order valence-electron chi connectivity index (χ1n) is 7.85. The number of aromatic nitrogens is 1. The number of aliphatic hydroxyl groups excluding tert-OH is 1. The maximum Gasteiger partial charge on any atom is 0.128 e. The third kappa shape index (κ3) is 3.22. The highest BCUT2D eigenvalue weighted by Gasteiger charge is 2.41. The van der Waals surface area contributed by atoms with Crippen molar-refractivity contribution in [1.29, 1.82) is 0 Å². The van der Waals surface area contributed by atoms with Crippen LogP contribution in [0.3, 0.4) is 0 Å². The summed E-state index contributed by atoms with van der Waals surface area (Å²) in [6.07, 6.45) is 5.94. The van der Waals surface area contributed by atoms with Gasteiger partial charge in [-0.25, -0.2) is 0 Å². The van der Waals surface area contributed by atoms with Crippen LogP contribution < -0.4 is 4.74 Å². The molecule has 1 heterocycles. The Morgan fingerprint density at radius 2 is 2.00 bits per heavy atom. The van der Waals surface area contributed by atoms with Crippen LogP contribution in [-0.2, 0) is 11.2 Å². The Kier molecular flexibility index (Phi) is 5.22. The van der Waals surface area contributed by atoms with E-state index in [2.05, 4.69) is 4.98 Å². The van der Waals surface area contributed by atoms with Crippen molar-refractivity contribution in [3.63, 3.8) is 0 Å². The number of methoxy groups -OCH3 is 1. The Bertz CT molecular complexity index is 481. The fourth-order valence-corrected chi connectivity index (χ4v) is 3.48. The molecule has 1 saturated carbocycles. The van der Waals surface area contributed by atoms with Crippen LogP contribution in [0.25, 0.3) is 0 Å². The van der Waals surface area contributed by atoms with Crippen LogP contribution >= 0.6 is 0 Å². The van der Waals surface area contributed by atoms with Gasteiger partial charge in [0, 0.05) is 36.0 Å². The van der Waals surface area contributed by atoms with E-state index in [1.54, 1.807) is 7.11 Å². The quantitative estimate of drug-likeness (QED) is 0.876. The highest BCUT2D eigenvalue weighted by molar-refractivity contribution is 5.41. The van der Waals surface area contributed by atoms with Crippen molar-refractivity contribution in [2.75, 3.05) is 13.7 Å². The molecule has 0 bridgehead atoms. The minimum absolute atomic E-state index is 0.388. The third-order valence-electron chi connectivity index (χ3n) is 4.63. The Balaban J connectivity index is 2.21. The summed E-state index contributed by atoms with van der Waals surface area (Å²) in [5, 5.41) is 10.7. The Labute approximate surface area is 127 Å². The van der Waals surface area contributed by atoms with Crippen LogP contribution in [0.1, 0.15) is 49.4 Å². The van der Waals surface area contributed by atoms with Gasteiger partial charge in [0.15, 0.2) is 0 Å². The summed E-state index contributed by atoms with van der Waals surface area (Å²) in [6, 6.07) is 0. The lowest BCUT2D eigenvalue weighted by Gasteiger charge is -2.34. The van der Waals surface area contributed by atoms with Gasteiger partial charge < -0.3 is 14.6 Å². The molecule has 1 fully saturated rings. The molecule has 0 radical (unpaired) electrons. The molecule has 1 aromatic heterocycles. The van der Waals surface area contributed by atoms with Gasteiger partial charge in [0.25, 0.3) is 0 Å². The molecule has 2 rings (SSSR count). The summed E-state index contributed by atoms with van der Waals surface area (Å²) in [7, 11) is 1.67. The van der Waals surface area contributed by atoms with Crippen LogP contribution in [0.2, 0.25) is 0 Å². The van der Waals surface area contributed by atoms with Gasteiger partial charge in [-0.15, -0.1) is 0 Å². The number of hydrogen-bond acceptors (Lipinski definition) is 4. The highest BCUT2D eigenvalue weighted by Crippen LogP contribution is 2.38. The van der Waals surface area contributed by atoms with E-state index in [-0.39, 0.29) is 5.60 Å². The minimum atomic E-state index is -0.515. The summed E-state index contributed by atoms with van der Waals surface area (Å²) in [4.78, 5) is 4.49. The van der Waals surface area contributed by atoms with Gasteiger partial charge in [0.05, 0.1) is 18.8 Å². The van der Waals surface area contributed by atoms with Crippen molar-refractivity contribution in [1.82, 2.24) is 4.98 Å². The molecule has 4 heteroatoms. The number of aryl methyl sites for hydroxylation is 1. The molecule has 1 atom stereocenters. The van der Waals surface area contributed by atoms with Crippen LogP contribution in [0.4, 0.5) is 0 Å². The van der Waals surface area contributed by atoms with E-state index >= 15 is 0 Å². The molecule has 0 spiro atoms. The molecule has 4 nitrogen and oxygen atoms in total. The smallest absolute Gasteiger partial charge is 0.128 e. The second-order valence-electron chi connectivity index (χ2n) is 5.97. The number of pyridine rings is 1. The molecule has 1 aliphatic rings. The molecule has 0 amide bonds. The molecular formula is C17H27NO3. The molecule has 0 aromatic carbocycles. The lowest BCUT2D eigenvalue weighted by molar-refractivity contribution is -0.115. The summed E-state index contributed by atoms with van der Waals surface area (Å²) in [5.41, 5.74) is 2.55. The van der Waals surface area contributed by atoms with Crippen LogP contribution in [-0.4, -0.2) is 35.5 Å². The molecule has 1 aromatic rings. The second-order valence-corrected chi connectivity index (χ2v) is 5.97. The fraction of sp³-hybridized carbons (Fsp3) is 0.706. The first-order chi connectivity index (χ1) is 10.0. The largest absolute Gasteiger partial charge is 0.496 e. The maximum atomic E-state index is 10.7. The Hall–Kier alpha value is -1.13. The van der Waals surface area contributed by atoms with Crippen molar-refractivity contribution >= 4 is 0 Å². The molecule has 21 heavy (non-hydrogen) atoms. The molecule has 1 aliphatic carbocycles. The monoisotopic (exact) mass is 293 g/mol. The Morgan fingerprint density at radius 3 is 2.57 bits per heavy atom. The fourth-order valence-electron chi connectivity index (χ4n) is 3.48. The number of rotatable bonds is 6. The zero-order chi connectivity index (χ0) is 15.5. The van der Waals surface area contributed by atoms with Crippen molar-refractivity contribution in [2.45, 2.75) is 64.6 Å². The predicted octanol–water partition coefficient (Wildman–Crippen LogP) is 2.96. The van der Waals surface area contributed by atoms with E-state index in [1.165, 1.54) is 0 Å². The molecule has 0 aliphatic heterocycles. The van der Waals surface area contributed by atoms with Gasteiger partial charge >= 0.3 is 0 Å². The molecule has 0 saturated heterocycles. The van der Waals surface area contributed by atoms with Crippen molar-refractivity contribution in [3.05, 3.63) is 23.0 Å². The normalized spacial score (nSPS) is 18.7. The maximum absolute atomic E-state index is 10.7. The lowest BCUT2D eigenvalue weighted by Crippen LogP contribution is -2.44. The third-order valence-corrected chi connectivity index (χ3v) is 4.63. The van der Waals surface area contributed by atoms with Gasteiger partial charge in [0.2, 0.25) is 0 Å². The average Bonchev–Trinajstić information content (AvgIpc) is 2.93.